The summed E-state index contributed by atoms with van der Waals surface area (Å²) in [7, 11) is 0. The molecule has 0 fully saturated rings. The van der Waals surface area contributed by atoms with Crippen LogP contribution in [-0.4, -0.2) is 10.1 Å². The van der Waals surface area contributed by atoms with Gasteiger partial charge in [0.1, 0.15) is 5.01 Å². The molecule has 0 aromatic carbocycles. The molecule has 0 unspecified atom stereocenters. The smallest absolute Gasteiger partial charge is 0.133 e. The molecule has 1 N–H and O–H groups in total. The van der Waals surface area contributed by atoms with Crippen molar-refractivity contribution in [3.8, 4) is 9.88 Å². The van der Waals surface area contributed by atoms with Crippen LogP contribution in [0, 0.1) is 0 Å². The van der Waals surface area contributed by atoms with E-state index in [1.165, 1.54) is 4.88 Å². The van der Waals surface area contributed by atoms with Gasteiger partial charge in [-0.05, 0) is 17.9 Å². The topological polar surface area (TPSA) is 33.1 Å². The number of hydrogen-bond acceptors (Lipinski definition) is 4. The van der Waals surface area contributed by atoms with Gasteiger partial charge in [0, 0.05) is 0 Å². The first-order chi connectivity index (χ1) is 6.85. The van der Waals surface area contributed by atoms with Crippen LogP contribution in [0.1, 0.15) is 17.5 Å². The Bertz CT molecular complexity index is 384. The molecular formula is C10H11NOS2. The standard InChI is InChI=1S/C10H11NOS2/c1-2-7-9(6-12)14-10(11-7)8-4-3-5-13-8/h3-5,12H,2,6H2,1H3. The molecule has 2 aromatic rings. The lowest BCUT2D eigenvalue weighted by atomic mass is 10.3. The van der Waals surface area contributed by atoms with Gasteiger partial charge >= 0.3 is 0 Å². The Hall–Kier alpha value is -0.710. The number of thiophene rings is 1. The van der Waals surface area contributed by atoms with Gasteiger partial charge < -0.3 is 5.11 Å². The van der Waals surface area contributed by atoms with Crippen molar-refractivity contribution in [3.63, 3.8) is 0 Å². The first kappa shape index (κ1) is 9.83. The molecule has 0 atom stereocenters. The summed E-state index contributed by atoms with van der Waals surface area (Å²) in [6.07, 6.45) is 0.887. The highest BCUT2D eigenvalue weighted by Crippen LogP contribution is 2.31. The zero-order valence-electron chi connectivity index (χ0n) is 7.86. The number of aromatic nitrogens is 1. The van der Waals surface area contributed by atoms with Crippen LogP contribution in [0.3, 0.4) is 0 Å². The number of aryl methyl sites for hydroxylation is 1. The number of rotatable bonds is 3. The van der Waals surface area contributed by atoms with E-state index < -0.39 is 0 Å². The predicted octanol–water partition coefficient (Wildman–Crippen LogP) is 2.93. The highest BCUT2D eigenvalue weighted by atomic mass is 32.1. The maximum atomic E-state index is 9.13. The van der Waals surface area contributed by atoms with Crippen molar-refractivity contribution in [3.05, 3.63) is 28.1 Å². The third-order valence-electron chi connectivity index (χ3n) is 1.99. The second kappa shape index (κ2) is 4.21. The molecule has 0 radical (unpaired) electrons. The second-order valence-electron chi connectivity index (χ2n) is 2.88. The fourth-order valence-corrected chi connectivity index (χ4v) is 3.10. The molecule has 0 saturated carbocycles. The van der Waals surface area contributed by atoms with Crippen LogP contribution in [0.2, 0.25) is 0 Å². The molecule has 2 nitrogen and oxygen atoms in total. The van der Waals surface area contributed by atoms with Crippen LogP contribution in [0.4, 0.5) is 0 Å². The van der Waals surface area contributed by atoms with E-state index in [1.807, 2.05) is 11.4 Å². The van der Waals surface area contributed by atoms with Crippen LogP contribution in [0.25, 0.3) is 9.88 Å². The zero-order chi connectivity index (χ0) is 9.97. The molecule has 0 aliphatic carbocycles. The summed E-state index contributed by atoms with van der Waals surface area (Å²) in [6, 6.07) is 4.08. The minimum Gasteiger partial charge on any atom is -0.391 e. The quantitative estimate of drug-likeness (QED) is 0.871. The van der Waals surface area contributed by atoms with Crippen LogP contribution in [-0.2, 0) is 13.0 Å². The Morgan fingerprint density at radius 2 is 2.36 bits per heavy atom. The third-order valence-corrected chi connectivity index (χ3v) is 4.11. The maximum absolute atomic E-state index is 9.13. The molecule has 0 aliphatic heterocycles. The Balaban J connectivity index is 2.41. The number of aliphatic hydroxyl groups excluding tert-OH is 1. The SMILES string of the molecule is CCc1nc(-c2cccs2)sc1CO. The molecule has 2 heterocycles. The number of aliphatic hydroxyl groups is 1. The van der Waals surface area contributed by atoms with Gasteiger partial charge in [0.25, 0.3) is 0 Å². The number of thiazole rings is 1. The van der Waals surface area contributed by atoms with Gasteiger partial charge in [-0.1, -0.05) is 13.0 Å². The lowest BCUT2D eigenvalue weighted by molar-refractivity contribution is 0.284. The summed E-state index contributed by atoms with van der Waals surface area (Å²) in [6.45, 7) is 2.17. The molecule has 0 amide bonds. The van der Waals surface area contributed by atoms with Crippen molar-refractivity contribution in [2.24, 2.45) is 0 Å². The van der Waals surface area contributed by atoms with E-state index in [0.29, 0.717) is 0 Å². The summed E-state index contributed by atoms with van der Waals surface area (Å²) in [5.74, 6) is 0. The van der Waals surface area contributed by atoms with Crippen molar-refractivity contribution in [1.29, 1.82) is 0 Å². The van der Waals surface area contributed by atoms with Crippen molar-refractivity contribution in [2.75, 3.05) is 0 Å². The van der Waals surface area contributed by atoms with Crippen molar-refractivity contribution in [1.82, 2.24) is 4.98 Å². The normalized spacial score (nSPS) is 10.7. The van der Waals surface area contributed by atoms with E-state index in [-0.39, 0.29) is 6.61 Å². The maximum Gasteiger partial charge on any atom is 0.133 e. The van der Waals surface area contributed by atoms with Gasteiger partial charge in [-0.3, -0.25) is 0 Å². The van der Waals surface area contributed by atoms with E-state index in [9.17, 15) is 0 Å². The first-order valence-electron chi connectivity index (χ1n) is 4.48. The van der Waals surface area contributed by atoms with Gasteiger partial charge in [0.2, 0.25) is 0 Å². The van der Waals surface area contributed by atoms with Crippen LogP contribution >= 0.6 is 22.7 Å². The van der Waals surface area contributed by atoms with Gasteiger partial charge in [0.05, 0.1) is 22.1 Å². The summed E-state index contributed by atoms with van der Waals surface area (Å²) in [5, 5.41) is 12.2. The lowest BCUT2D eigenvalue weighted by Crippen LogP contribution is -1.86. The summed E-state index contributed by atoms with van der Waals surface area (Å²) in [4.78, 5) is 6.69. The number of hydrogen-bond donors (Lipinski definition) is 1. The molecule has 74 valence electrons. The lowest BCUT2D eigenvalue weighted by Gasteiger charge is -1.90. The Morgan fingerprint density at radius 1 is 1.50 bits per heavy atom. The average molecular weight is 225 g/mol. The van der Waals surface area contributed by atoms with E-state index in [4.69, 9.17) is 5.11 Å². The average Bonchev–Trinajstić information content (AvgIpc) is 2.85. The fourth-order valence-electron chi connectivity index (χ4n) is 1.29. The monoisotopic (exact) mass is 225 g/mol. The van der Waals surface area contributed by atoms with Crippen molar-refractivity contribution >= 4 is 22.7 Å². The van der Waals surface area contributed by atoms with E-state index >= 15 is 0 Å². The molecule has 0 aliphatic rings. The minimum absolute atomic E-state index is 0.103. The van der Waals surface area contributed by atoms with Crippen molar-refractivity contribution in [2.45, 2.75) is 20.0 Å². The van der Waals surface area contributed by atoms with Gasteiger partial charge in [0.15, 0.2) is 0 Å². The van der Waals surface area contributed by atoms with Gasteiger partial charge in [-0.25, -0.2) is 4.98 Å². The van der Waals surface area contributed by atoms with Crippen molar-refractivity contribution < 1.29 is 5.11 Å². The highest BCUT2D eigenvalue weighted by Gasteiger charge is 2.10. The van der Waals surface area contributed by atoms with E-state index in [1.54, 1.807) is 22.7 Å². The third kappa shape index (κ3) is 1.73. The molecular weight excluding hydrogens is 214 g/mol. The predicted molar refractivity (Wildman–Crippen MR) is 60.7 cm³/mol. The molecule has 0 spiro atoms. The van der Waals surface area contributed by atoms with Crippen LogP contribution in [0.5, 0.6) is 0 Å². The fraction of sp³-hybridized carbons (Fsp3) is 0.300. The van der Waals surface area contributed by atoms with Gasteiger partial charge in [-0.15, -0.1) is 22.7 Å². The highest BCUT2D eigenvalue weighted by molar-refractivity contribution is 7.21. The zero-order valence-corrected chi connectivity index (χ0v) is 9.49. The summed E-state index contributed by atoms with van der Waals surface area (Å²) < 4.78 is 0. The van der Waals surface area contributed by atoms with Crippen LogP contribution in [0.15, 0.2) is 17.5 Å². The molecule has 2 rings (SSSR count). The van der Waals surface area contributed by atoms with Crippen LogP contribution < -0.4 is 0 Å². The Labute approximate surface area is 90.9 Å². The second-order valence-corrected chi connectivity index (χ2v) is 4.91. The van der Waals surface area contributed by atoms with E-state index in [2.05, 4.69) is 18.0 Å². The molecule has 0 saturated heterocycles. The Kier molecular flexibility index (Phi) is 2.96. The first-order valence-corrected chi connectivity index (χ1v) is 6.18. The number of nitrogens with zero attached hydrogens (tertiary/aromatic N) is 1. The van der Waals surface area contributed by atoms with E-state index in [0.717, 1.165) is 22.0 Å². The summed E-state index contributed by atoms with van der Waals surface area (Å²) >= 11 is 3.28. The minimum atomic E-state index is 0.103. The molecule has 14 heavy (non-hydrogen) atoms. The molecule has 2 aromatic heterocycles. The molecule has 4 heteroatoms. The molecule has 0 bridgehead atoms. The van der Waals surface area contributed by atoms with Gasteiger partial charge in [-0.2, -0.15) is 0 Å². The largest absolute Gasteiger partial charge is 0.391 e. The Morgan fingerprint density at radius 3 is 2.86 bits per heavy atom. The summed E-state index contributed by atoms with van der Waals surface area (Å²) in [5.41, 5.74) is 1.03.